The van der Waals surface area contributed by atoms with Crippen molar-refractivity contribution >= 4 is 17.3 Å². The number of aliphatic hydroxyl groups excluding tert-OH is 1. The van der Waals surface area contributed by atoms with E-state index in [4.69, 9.17) is 26.7 Å². The van der Waals surface area contributed by atoms with Crippen LogP contribution in [0.4, 0.5) is 5.69 Å². The first kappa shape index (κ1) is 16.1. The van der Waals surface area contributed by atoms with Gasteiger partial charge in [0.2, 0.25) is 0 Å². The summed E-state index contributed by atoms with van der Waals surface area (Å²) in [4.78, 5) is 4.58. The summed E-state index contributed by atoms with van der Waals surface area (Å²) in [6, 6.07) is 7.53. The van der Waals surface area contributed by atoms with Crippen LogP contribution in [-0.2, 0) is 4.74 Å². The summed E-state index contributed by atoms with van der Waals surface area (Å²) in [5.41, 5.74) is 1.58. The molecule has 1 aliphatic heterocycles. The quantitative estimate of drug-likeness (QED) is 0.804. The van der Waals surface area contributed by atoms with Gasteiger partial charge in [-0.05, 0) is 18.2 Å². The Morgan fingerprint density at radius 2 is 2.00 bits per heavy atom. The lowest BCUT2D eigenvalue weighted by atomic mass is 10.2. The first-order chi connectivity index (χ1) is 10.2. The Morgan fingerprint density at radius 3 is 2.62 bits per heavy atom. The molecule has 1 saturated heterocycles. The Bertz CT molecular complexity index is 496. The van der Waals surface area contributed by atoms with Crippen LogP contribution in [0, 0.1) is 11.3 Å². The highest BCUT2D eigenvalue weighted by Crippen LogP contribution is 2.27. The number of nitrogens with zero attached hydrogens (tertiary/aromatic N) is 3. The molecule has 1 N–H and O–H groups in total. The Balaban J connectivity index is 1.82. The topological polar surface area (TPSA) is 59.7 Å². The molecule has 0 spiro atoms. The van der Waals surface area contributed by atoms with Gasteiger partial charge in [-0.25, -0.2) is 0 Å². The summed E-state index contributed by atoms with van der Waals surface area (Å²) in [5.74, 6) is 0. The number of benzene rings is 1. The molecule has 1 aromatic rings. The minimum Gasteiger partial charge on any atom is -0.394 e. The predicted molar refractivity (Wildman–Crippen MR) is 82.7 cm³/mol. The highest BCUT2D eigenvalue weighted by Gasteiger charge is 2.18. The van der Waals surface area contributed by atoms with E-state index < -0.39 is 0 Å². The van der Waals surface area contributed by atoms with E-state index in [9.17, 15) is 0 Å². The molecule has 0 radical (unpaired) electrons. The molecule has 1 heterocycles. The van der Waals surface area contributed by atoms with Crippen molar-refractivity contribution in [3.05, 3.63) is 28.8 Å². The van der Waals surface area contributed by atoms with E-state index in [0.717, 1.165) is 38.4 Å². The van der Waals surface area contributed by atoms with E-state index in [1.165, 1.54) is 0 Å². The normalized spacial score (nSPS) is 16.0. The van der Waals surface area contributed by atoms with Crippen molar-refractivity contribution in [2.45, 2.75) is 0 Å². The number of hydrogen-bond acceptors (Lipinski definition) is 5. The van der Waals surface area contributed by atoms with Crippen LogP contribution in [0.2, 0.25) is 5.02 Å². The summed E-state index contributed by atoms with van der Waals surface area (Å²) in [5, 5.41) is 18.1. The maximum Gasteiger partial charge on any atom is 0.0992 e. The number of aliphatic hydroxyl groups is 1. The molecule has 21 heavy (non-hydrogen) atoms. The third-order valence-electron chi connectivity index (χ3n) is 3.58. The molecule has 0 aliphatic carbocycles. The molecular weight excluding hydrogens is 290 g/mol. The summed E-state index contributed by atoms with van der Waals surface area (Å²) < 4.78 is 5.28. The Labute approximate surface area is 130 Å². The van der Waals surface area contributed by atoms with Gasteiger partial charge in [0, 0.05) is 32.7 Å². The molecule has 0 aromatic heterocycles. The second kappa shape index (κ2) is 8.20. The number of halogens is 1. The Morgan fingerprint density at radius 1 is 1.24 bits per heavy atom. The molecule has 5 nitrogen and oxygen atoms in total. The Kier molecular flexibility index (Phi) is 6.27. The molecule has 0 atom stereocenters. The summed E-state index contributed by atoms with van der Waals surface area (Å²) >= 11 is 6.25. The predicted octanol–water partition coefficient (Wildman–Crippen LogP) is 1.34. The van der Waals surface area contributed by atoms with E-state index in [1.807, 2.05) is 6.07 Å². The lowest BCUT2D eigenvalue weighted by molar-refractivity contribution is 0.0724. The van der Waals surface area contributed by atoms with Gasteiger partial charge in [-0.2, -0.15) is 5.26 Å². The molecular formula is C15H20ClN3O2. The van der Waals surface area contributed by atoms with Gasteiger partial charge in [-0.15, -0.1) is 0 Å². The smallest absolute Gasteiger partial charge is 0.0992 e. The maximum atomic E-state index is 8.86. The lowest BCUT2D eigenvalue weighted by Crippen LogP contribution is -2.47. The standard InChI is InChI=1S/C15H20ClN3O2/c16-14-11-13(12-17)1-2-15(14)19-5-3-18(4-6-19)7-9-21-10-8-20/h1-2,11,20H,3-10H2. The average Bonchev–Trinajstić information content (AvgIpc) is 2.52. The molecule has 1 aromatic carbocycles. The van der Waals surface area contributed by atoms with Gasteiger partial charge < -0.3 is 14.7 Å². The molecule has 0 bridgehead atoms. The van der Waals surface area contributed by atoms with Crippen LogP contribution in [0.3, 0.4) is 0 Å². The third kappa shape index (κ3) is 4.58. The largest absolute Gasteiger partial charge is 0.394 e. The first-order valence-corrected chi connectivity index (χ1v) is 7.48. The van der Waals surface area contributed by atoms with Gasteiger partial charge >= 0.3 is 0 Å². The third-order valence-corrected chi connectivity index (χ3v) is 3.88. The second-order valence-electron chi connectivity index (χ2n) is 4.94. The van der Waals surface area contributed by atoms with Gasteiger partial charge in [-0.1, -0.05) is 11.6 Å². The van der Waals surface area contributed by atoms with Crippen LogP contribution in [0.15, 0.2) is 18.2 Å². The summed E-state index contributed by atoms with van der Waals surface area (Å²) in [6.07, 6.45) is 0. The van der Waals surface area contributed by atoms with Crippen molar-refractivity contribution in [3.63, 3.8) is 0 Å². The minimum atomic E-state index is 0.0744. The molecule has 1 fully saturated rings. The van der Waals surface area contributed by atoms with Crippen molar-refractivity contribution in [3.8, 4) is 6.07 Å². The molecule has 0 saturated carbocycles. The van der Waals surface area contributed by atoms with Crippen molar-refractivity contribution < 1.29 is 9.84 Å². The van der Waals surface area contributed by atoms with Gasteiger partial charge in [0.1, 0.15) is 0 Å². The Hall–Kier alpha value is -1.32. The van der Waals surface area contributed by atoms with Crippen LogP contribution in [0.5, 0.6) is 0 Å². The molecule has 114 valence electrons. The highest BCUT2D eigenvalue weighted by atomic mass is 35.5. The van der Waals surface area contributed by atoms with Crippen LogP contribution in [-0.4, -0.2) is 62.6 Å². The zero-order chi connectivity index (χ0) is 15.1. The lowest BCUT2D eigenvalue weighted by Gasteiger charge is -2.36. The number of hydrogen-bond donors (Lipinski definition) is 1. The van der Waals surface area contributed by atoms with Crippen LogP contribution in [0.1, 0.15) is 5.56 Å². The van der Waals surface area contributed by atoms with Crippen molar-refractivity contribution in [1.29, 1.82) is 5.26 Å². The number of anilines is 1. The van der Waals surface area contributed by atoms with E-state index >= 15 is 0 Å². The van der Waals surface area contributed by atoms with E-state index in [-0.39, 0.29) is 6.61 Å². The fraction of sp³-hybridized carbons (Fsp3) is 0.533. The van der Waals surface area contributed by atoms with E-state index in [0.29, 0.717) is 23.8 Å². The van der Waals surface area contributed by atoms with Crippen LogP contribution in [0.25, 0.3) is 0 Å². The average molecular weight is 310 g/mol. The van der Waals surface area contributed by atoms with E-state index in [2.05, 4.69) is 15.9 Å². The number of piperazine rings is 1. The van der Waals surface area contributed by atoms with Crippen LogP contribution >= 0.6 is 11.6 Å². The van der Waals surface area contributed by atoms with Crippen molar-refractivity contribution in [1.82, 2.24) is 4.90 Å². The fourth-order valence-electron chi connectivity index (χ4n) is 2.41. The fourth-order valence-corrected chi connectivity index (χ4v) is 2.71. The molecule has 1 aliphatic rings. The van der Waals surface area contributed by atoms with Crippen molar-refractivity contribution in [2.75, 3.05) is 57.4 Å². The summed E-state index contributed by atoms with van der Waals surface area (Å²) in [6.45, 7) is 5.74. The number of rotatable bonds is 6. The molecule has 2 rings (SSSR count). The molecule has 0 amide bonds. The first-order valence-electron chi connectivity index (χ1n) is 7.10. The molecule has 0 unspecified atom stereocenters. The minimum absolute atomic E-state index is 0.0744. The zero-order valence-corrected chi connectivity index (χ0v) is 12.7. The summed E-state index contributed by atoms with van der Waals surface area (Å²) in [7, 11) is 0. The number of nitriles is 1. The second-order valence-corrected chi connectivity index (χ2v) is 5.35. The monoisotopic (exact) mass is 309 g/mol. The van der Waals surface area contributed by atoms with Gasteiger partial charge in [-0.3, -0.25) is 4.90 Å². The number of ether oxygens (including phenoxy) is 1. The zero-order valence-electron chi connectivity index (χ0n) is 12.0. The maximum absolute atomic E-state index is 8.86. The van der Waals surface area contributed by atoms with Gasteiger partial charge in [0.15, 0.2) is 0 Å². The SMILES string of the molecule is N#Cc1ccc(N2CCN(CCOCCO)CC2)c(Cl)c1. The van der Waals surface area contributed by atoms with E-state index in [1.54, 1.807) is 12.1 Å². The van der Waals surface area contributed by atoms with Gasteiger partial charge in [0.05, 0.1) is 42.2 Å². The molecule has 6 heteroatoms. The van der Waals surface area contributed by atoms with Crippen LogP contribution < -0.4 is 4.90 Å². The van der Waals surface area contributed by atoms with Gasteiger partial charge in [0.25, 0.3) is 0 Å². The highest BCUT2D eigenvalue weighted by molar-refractivity contribution is 6.33. The van der Waals surface area contributed by atoms with Crippen molar-refractivity contribution in [2.24, 2.45) is 0 Å².